The second kappa shape index (κ2) is 12.6. The number of para-hydroxylation sites is 1. The zero-order valence-corrected chi connectivity index (χ0v) is 26.2. The Kier molecular flexibility index (Phi) is 8.66. The fourth-order valence-electron chi connectivity index (χ4n) is 7.12. The predicted octanol–water partition coefficient (Wildman–Crippen LogP) is 8.54. The van der Waals surface area contributed by atoms with E-state index < -0.39 is 5.92 Å². The third kappa shape index (κ3) is 5.81. The molecule has 2 N–H and O–H groups in total. The van der Waals surface area contributed by atoms with Crippen molar-refractivity contribution in [3.05, 3.63) is 100 Å². The molecule has 0 bridgehead atoms. The maximum absolute atomic E-state index is 14.0. The van der Waals surface area contributed by atoms with Crippen LogP contribution in [0, 0.1) is 23.7 Å². The molecule has 2 fully saturated rings. The number of halogens is 1. The van der Waals surface area contributed by atoms with E-state index in [1.54, 1.807) is 12.1 Å². The summed E-state index contributed by atoms with van der Waals surface area (Å²) in [5.74, 6) is -0.659. The molecule has 3 aliphatic rings. The number of carbonyl (C=O) groups excluding carboxylic acids is 2. The number of carbonyl (C=O) groups is 2. The molecule has 0 aromatic heterocycles. The van der Waals surface area contributed by atoms with Crippen LogP contribution in [0.5, 0.6) is 5.75 Å². The Bertz CT molecular complexity index is 1610. The van der Waals surface area contributed by atoms with Crippen LogP contribution in [0.25, 0.3) is 6.08 Å². The van der Waals surface area contributed by atoms with Gasteiger partial charge in [-0.15, -0.1) is 0 Å². The van der Waals surface area contributed by atoms with Gasteiger partial charge in [-0.3, -0.25) is 14.5 Å². The highest BCUT2D eigenvalue weighted by molar-refractivity contribution is 6.32. The van der Waals surface area contributed by atoms with E-state index in [1.165, 1.54) is 21.6 Å². The number of phenols is 1. The molecule has 0 unspecified atom stereocenters. The standard InChI is InChI=1S/C37H39ClN2O4/c1-4-23(18-24-11-16-28(41)19-32(24)38)10-17-33-34-29(22(2)3)20-30-35(31(34)21-44-33)37(43)40(36(30)42)27-14-12-26(13-15-27)39-25-8-6-5-7-9-25/h5-9,11-16,18-19,22,30-31,33,35,39,41H,4,10,17,20-21H2,1-3H3/b23-18+/t30-,31+,33-,35-/m1/s1. The predicted molar refractivity (Wildman–Crippen MR) is 176 cm³/mol. The third-order valence-electron chi connectivity index (χ3n) is 9.35. The molecule has 4 atom stereocenters. The monoisotopic (exact) mass is 610 g/mol. The summed E-state index contributed by atoms with van der Waals surface area (Å²) in [6, 6.07) is 22.4. The van der Waals surface area contributed by atoms with Gasteiger partial charge in [-0.1, -0.05) is 67.8 Å². The van der Waals surface area contributed by atoms with E-state index in [1.807, 2.05) is 60.7 Å². The van der Waals surface area contributed by atoms with Crippen molar-refractivity contribution in [3.63, 3.8) is 0 Å². The van der Waals surface area contributed by atoms with Gasteiger partial charge in [0.05, 0.1) is 35.3 Å². The van der Waals surface area contributed by atoms with Crippen molar-refractivity contribution in [1.82, 2.24) is 0 Å². The van der Waals surface area contributed by atoms with E-state index in [-0.39, 0.29) is 41.4 Å². The van der Waals surface area contributed by atoms with Crippen LogP contribution in [0.1, 0.15) is 52.0 Å². The molecule has 2 aliphatic heterocycles. The van der Waals surface area contributed by atoms with Crippen LogP contribution in [-0.2, 0) is 14.3 Å². The molecule has 3 aromatic carbocycles. The van der Waals surface area contributed by atoms with Crippen LogP contribution in [0.4, 0.5) is 17.1 Å². The van der Waals surface area contributed by atoms with Crippen molar-refractivity contribution < 1.29 is 19.4 Å². The van der Waals surface area contributed by atoms with Crippen LogP contribution < -0.4 is 10.2 Å². The quantitative estimate of drug-likeness (QED) is 0.187. The summed E-state index contributed by atoms with van der Waals surface area (Å²) in [4.78, 5) is 29.2. The molecule has 7 heteroatoms. The van der Waals surface area contributed by atoms with Crippen molar-refractivity contribution in [2.75, 3.05) is 16.8 Å². The number of hydrogen-bond donors (Lipinski definition) is 2. The van der Waals surface area contributed by atoms with Gasteiger partial charge in [0.15, 0.2) is 0 Å². The van der Waals surface area contributed by atoms with E-state index >= 15 is 0 Å². The number of allylic oxidation sites excluding steroid dienone is 2. The number of aromatic hydroxyl groups is 1. The highest BCUT2D eigenvalue weighted by atomic mass is 35.5. The number of phenolic OH excluding ortho intramolecular Hbond substituents is 1. The highest BCUT2D eigenvalue weighted by Gasteiger charge is 2.57. The molecule has 6 nitrogen and oxygen atoms in total. The summed E-state index contributed by atoms with van der Waals surface area (Å²) in [7, 11) is 0. The zero-order chi connectivity index (χ0) is 31.0. The highest BCUT2D eigenvalue weighted by Crippen LogP contribution is 2.52. The Morgan fingerprint density at radius 2 is 1.75 bits per heavy atom. The molecule has 0 saturated carbocycles. The summed E-state index contributed by atoms with van der Waals surface area (Å²) in [5.41, 5.74) is 7.12. The van der Waals surface area contributed by atoms with Crippen molar-refractivity contribution in [1.29, 1.82) is 0 Å². The third-order valence-corrected chi connectivity index (χ3v) is 9.68. The molecule has 44 heavy (non-hydrogen) atoms. The molecule has 2 amide bonds. The van der Waals surface area contributed by atoms with Crippen LogP contribution >= 0.6 is 11.6 Å². The molecule has 2 heterocycles. The van der Waals surface area contributed by atoms with Gasteiger partial charge >= 0.3 is 0 Å². The van der Waals surface area contributed by atoms with Gasteiger partial charge in [-0.05, 0) is 97.3 Å². The molecule has 1 aliphatic carbocycles. The van der Waals surface area contributed by atoms with Gasteiger partial charge in [-0.2, -0.15) is 0 Å². The fourth-order valence-corrected chi connectivity index (χ4v) is 7.35. The van der Waals surface area contributed by atoms with E-state index in [9.17, 15) is 14.7 Å². The topological polar surface area (TPSA) is 78.9 Å². The SMILES string of the molecule is CC/C(=C\c1ccc(O)cc1Cl)CC[C@H]1OC[C@H]2C1=C(C(C)C)C[C@H]1C(=O)N(c3ccc(Nc4ccccc4)cc3)C(=O)[C@H]12. The van der Waals surface area contributed by atoms with Gasteiger partial charge in [0.1, 0.15) is 5.75 Å². The molecule has 0 spiro atoms. The van der Waals surface area contributed by atoms with Gasteiger partial charge in [0, 0.05) is 17.3 Å². The van der Waals surface area contributed by atoms with E-state index in [0.717, 1.165) is 36.2 Å². The van der Waals surface area contributed by atoms with Gasteiger partial charge in [0.25, 0.3) is 0 Å². The lowest BCUT2D eigenvalue weighted by molar-refractivity contribution is -0.122. The summed E-state index contributed by atoms with van der Waals surface area (Å²) in [6.45, 7) is 6.94. The largest absolute Gasteiger partial charge is 0.508 e. The normalized spacial score (nSPS) is 23.4. The Hall–Kier alpha value is -3.87. The first kappa shape index (κ1) is 30.2. The first-order valence-corrected chi connectivity index (χ1v) is 15.9. The average molecular weight is 611 g/mol. The van der Waals surface area contributed by atoms with Crippen LogP contribution in [0.2, 0.25) is 5.02 Å². The van der Waals surface area contributed by atoms with Gasteiger partial charge < -0.3 is 15.2 Å². The molecule has 0 radical (unpaired) electrons. The molecule has 228 valence electrons. The number of benzene rings is 3. The van der Waals surface area contributed by atoms with Crippen LogP contribution in [0.15, 0.2) is 89.5 Å². The molecule has 3 aromatic rings. The number of amides is 2. The average Bonchev–Trinajstić information content (AvgIpc) is 3.54. The van der Waals surface area contributed by atoms with Crippen molar-refractivity contribution in [3.8, 4) is 5.75 Å². The van der Waals surface area contributed by atoms with E-state index in [2.05, 4.69) is 32.2 Å². The minimum absolute atomic E-state index is 0.0797. The number of rotatable bonds is 9. The molecule has 2 saturated heterocycles. The minimum atomic E-state index is -0.399. The summed E-state index contributed by atoms with van der Waals surface area (Å²) >= 11 is 6.37. The Morgan fingerprint density at radius 1 is 1.02 bits per heavy atom. The number of anilines is 3. The Balaban J connectivity index is 1.20. The zero-order valence-electron chi connectivity index (χ0n) is 25.4. The van der Waals surface area contributed by atoms with E-state index in [4.69, 9.17) is 16.3 Å². The Labute approximate surface area is 264 Å². The number of fused-ring (bicyclic) bond motifs is 3. The number of hydrogen-bond acceptors (Lipinski definition) is 5. The number of nitrogens with zero attached hydrogens (tertiary/aromatic N) is 1. The molecule has 6 rings (SSSR count). The van der Waals surface area contributed by atoms with Crippen LogP contribution in [0.3, 0.4) is 0 Å². The van der Waals surface area contributed by atoms with E-state index in [0.29, 0.717) is 23.7 Å². The van der Waals surface area contributed by atoms with Crippen molar-refractivity contribution in [2.45, 2.75) is 52.6 Å². The smallest absolute Gasteiger partial charge is 0.238 e. The fraction of sp³-hybridized carbons (Fsp3) is 0.351. The lowest BCUT2D eigenvalue weighted by Crippen LogP contribution is -2.35. The lowest BCUT2D eigenvalue weighted by atomic mass is 9.67. The Morgan fingerprint density at radius 3 is 2.43 bits per heavy atom. The number of imide groups is 1. The lowest BCUT2D eigenvalue weighted by Gasteiger charge is -2.33. The van der Waals surface area contributed by atoms with Crippen molar-refractivity contribution in [2.24, 2.45) is 23.7 Å². The summed E-state index contributed by atoms with van der Waals surface area (Å²) in [6.07, 6.45) is 5.12. The van der Waals surface area contributed by atoms with Gasteiger partial charge in [-0.25, -0.2) is 0 Å². The maximum Gasteiger partial charge on any atom is 0.238 e. The second-order valence-electron chi connectivity index (χ2n) is 12.4. The van der Waals surface area contributed by atoms with Crippen molar-refractivity contribution >= 4 is 46.6 Å². The summed E-state index contributed by atoms with van der Waals surface area (Å²) < 4.78 is 6.44. The molecular weight excluding hydrogens is 572 g/mol. The second-order valence-corrected chi connectivity index (χ2v) is 12.8. The minimum Gasteiger partial charge on any atom is -0.508 e. The first-order valence-electron chi connectivity index (χ1n) is 15.6. The maximum atomic E-state index is 14.0. The number of ether oxygens (including phenoxy) is 1. The summed E-state index contributed by atoms with van der Waals surface area (Å²) in [5, 5.41) is 13.6. The van der Waals surface area contributed by atoms with Gasteiger partial charge in [0.2, 0.25) is 11.8 Å². The number of nitrogens with one attached hydrogen (secondary N) is 1. The first-order chi connectivity index (χ1) is 21.2. The molecular formula is C37H39ClN2O4. The van der Waals surface area contributed by atoms with Crippen LogP contribution in [-0.4, -0.2) is 29.6 Å².